The Morgan fingerprint density at radius 2 is 0.929 bits per heavy atom. The highest BCUT2D eigenvalue weighted by molar-refractivity contribution is 6.17. The van der Waals surface area contributed by atoms with Gasteiger partial charge in [-0.15, -0.1) is 0 Å². The van der Waals surface area contributed by atoms with Gasteiger partial charge in [-0.25, -0.2) is 15.0 Å². The number of hydrogen-bond donors (Lipinski definition) is 0. The second kappa shape index (κ2) is 13.0. The molecule has 0 N–H and O–H groups in total. The van der Waals surface area contributed by atoms with Crippen LogP contribution >= 0.6 is 0 Å². The third-order valence-electron chi connectivity index (χ3n) is 10.7. The number of hydrogen-bond acceptors (Lipinski definition) is 4. The fraction of sp³-hybridized carbons (Fsp3) is 0. The minimum atomic E-state index is 0.598. The van der Waals surface area contributed by atoms with E-state index >= 15 is 0 Å². The molecule has 5 nitrogen and oxygen atoms in total. The van der Waals surface area contributed by atoms with Gasteiger partial charge in [-0.2, -0.15) is 0 Å². The molecule has 11 aromatic rings. The molecule has 0 fully saturated rings. The van der Waals surface area contributed by atoms with Crippen LogP contribution in [0.1, 0.15) is 0 Å². The molecule has 262 valence electrons. The molecular weight excluding hydrogens is 685 g/mol. The van der Waals surface area contributed by atoms with Crippen molar-refractivity contribution >= 4 is 43.7 Å². The summed E-state index contributed by atoms with van der Waals surface area (Å²) in [6.45, 7) is 0. The molecule has 0 amide bonds. The maximum atomic E-state index is 6.80. The summed E-state index contributed by atoms with van der Waals surface area (Å²) in [5, 5.41) is 4.36. The van der Waals surface area contributed by atoms with E-state index in [1.807, 2.05) is 72.8 Å². The summed E-state index contributed by atoms with van der Waals surface area (Å²) >= 11 is 0. The van der Waals surface area contributed by atoms with Crippen LogP contribution in [0.25, 0.3) is 106 Å². The molecule has 0 aliphatic carbocycles. The lowest BCUT2D eigenvalue weighted by Crippen LogP contribution is -2.00. The molecule has 56 heavy (non-hydrogen) atoms. The maximum Gasteiger partial charge on any atom is 0.164 e. The van der Waals surface area contributed by atoms with Gasteiger partial charge in [0, 0.05) is 55.0 Å². The minimum absolute atomic E-state index is 0.598. The monoisotopic (exact) mass is 716 g/mol. The Hall–Kier alpha value is -7.63. The molecule has 11 rings (SSSR count). The lowest BCUT2D eigenvalue weighted by Gasteiger charge is -2.11. The predicted octanol–water partition coefficient (Wildman–Crippen LogP) is 13.2. The first-order valence-electron chi connectivity index (χ1n) is 18.8. The highest BCUT2D eigenvalue weighted by Crippen LogP contribution is 2.43. The average molecular weight is 717 g/mol. The van der Waals surface area contributed by atoms with Gasteiger partial charge in [0.25, 0.3) is 0 Å². The van der Waals surface area contributed by atoms with Gasteiger partial charge in [0.05, 0.1) is 11.0 Å². The van der Waals surface area contributed by atoms with Gasteiger partial charge in [0.2, 0.25) is 0 Å². The molecule has 0 saturated heterocycles. The highest BCUT2D eigenvalue weighted by Gasteiger charge is 2.21. The van der Waals surface area contributed by atoms with Crippen molar-refractivity contribution in [3.05, 3.63) is 194 Å². The molecular formula is C51H32N4O. The van der Waals surface area contributed by atoms with Crippen molar-refractivity contribution in [3.63, 3.8) is 0 Å². The predicted molar refractivity (Wildman–Crippen MR) is 229 cm³/mol. The smallest absolute Gasteiger partial charge is 0.164 e. The fourth-order valence-electron chi connectivity index (χ4n) is 8.12. The van der Waals surface area contributed by atoms with E-state index in [0.29, 0.717) is 17.5 Å². The summed E-state index contributed by atoms with van der Waals surface area (Å²) in [7, 11) is 0. The number of benzene rings is 8. The van der Waals surface area contributed by atoms with Crippen molar-refractivity contribution in [2.75, 3.05) is 0 Å². The van der Waals surface area contributed by atoms with E-state index in [1.54, 1.807) is 0 Å². The number of rotatable bonds is 6. The molecule has 8 aromatic carbocycles. The lowest BCUT2D eigenvalue weighted by molar-refractivity contribution is 0.670. The Kier molecular flexibility index (Phi) is 7.42. The Morgan fingerprint density at radius 1 is 0.375 bits per heavy atom. The third kappa shape index (κ3) is 5.21. The van der Waals surface area contributed by atoms with Crippen LogP contribution in [0, 0.1) is 0 Å². The second-order valence-electron chi connectivity index (χ2n) is 14.0. The van der Waals surface area contributed by atoms with Gasteiger partial charge in [-0.05, 0) is 41.5 Å². The summed E-state index contributed by atoms with van der Waals surface area (Å²) in [5.41, 5.74) is 12.3. The van der Waals surface area contributed by atoms with Crippen molar-refractivity contribution in [2.24, 2.45) is 0 Å². The van der Waals surface area contributed by atoms with Gasteiger partial charge < -0.3 is 8.98 Å². The fourth-order valence-corrected chi connectivity index (χ4v) is 8.12. The van der Waals surface area contributed by atoms with Crippen LogP contribution in [0.3, 0.4) is 0 Å². The van der Waals surface area contributed by atoms with Gasteiger partial charge in [0.1, 0.15) is 11.2 Å². The zero-order chi connectivity index (χ0) is 37.0. The SMILES string of the molecule is c1ccc(-c2nc(-c3ccccc3)nc(-c3cccc4oc5c(-c6ccc7c(c6)c6cccc(-c8ccccc8)c6n7-c6ccccc6)cccc5c34)n2)cc1. The number of aromatic nitrogens is 4. The van der Waals surface area contributed by atoms with Gasteiger partial charge in [-0.3, -0.25) is 0 Å². The van der Waals surface area contributed by atoms with Crippen LogP contribution in [0.4, 0.5) is 0 Å². The average Bonchev–Trinajstić information content (AvgIpc) is 3.83. The van der Waals surface area contributed by atoms with Crippen LogP contribution in [0.2, 0.25) is 0 Å². The maximum absolute atomic E-state index is 6.80. The van der Waals surface area contributed by atoms with Crippen LogP contribution < -0.4 is 0 Å². The van der Waals surface area contributed by atoms with Crippen molar-refractivity contribution < 1.29 is 4.42 Å². The standard InChI is InChI=1S/C51H32N4O/c1-5-16-33(17-6-1)38-24-13-26-40-43-32-36(30-31-44(43)55(47(38)40)37-22-11-4-12-23-37)39-25-14-27-41-46-42(28-15-29-45(46)56-48(39)41)51-53-49(34-18-7-2-8-19-34)52-50(54-51)35-20-9-3-10-21-35/h1-32H. The minimum Gasteiger partial charge on any atom is -0.455 e. The molecule has 0 bridgehead atoms. The van der Waals surface area contributed by atoms with Crippen LogP contribution in [0.5, 0.6) is 0 Å². The molecule has 0 radical (unpaired) electrons. The summed E-state index contributed by atoms with van der Waals surface area (Å²) in [6, 6.07) is 67.4. The van der Waals surface area contributed by atoms with E-state index in [1.165, 1.54) is 27.4 Å². The van der Waals surface area contributed by atoms with E-state index in [-0.39, 0.29) is 0 Å². The molecule has 0 aliphatic rings. The lowest BCUT2D eigenvalue weighted by atomic mass is 9.98. The van der Waals surface area contributed by atoms with E-state index in [9.17, 15) is 0 Å². The molecule has 3 heterocycles. The molecule has 0 aliphatic heterocycles. The molecule has 0 unspecified atom stereocenters. The third-order valence-corrected chi connectivity index (χ3v) is 10.7. The topological polar surface area (TPSA) is 56.7 Å². The molecule has 0 saturated carbocycles. The van der Waals surface area contributed by atoms with Gasteiger partial charge >= 0.3 is 0 Å². The highest BCUT2D eigenvalue weighted by atomic mass is 16.3. The first-order chi connectivity index (χ1) is 27.8. The Bertz CT molecular complexity index is 3170. The van der Waals surface area contributed by atoms with Gasteiger partial charge in [0.15, 0.2) is 17.5 Å². The van der Waals surface area contributed by atoms with E-state index in [0.717, 1.165) is 61.0 Å². The Morgan fingerprint density at radius 3 is 1.61 bits per heavy atom. The molecule has 0 spiro atoms. The molecule has 3 aromatic heterocycles. The van der Waals surface area contributed by atoms with E-state index < -0.39 is 0 Å². The zero-order valence-electron chi connectivity index (χ0n) is 30.2. The zero-order valence-corrected chi connectivity index (χ0v) is 30.2. The summed E-state index contributed by atoms with van der Waals surface area (Å²) in [4.78, 5) is 15.1. The van der Waals surface area contributed by atoms with E-state index in [4.69, 9.17) is 19.4 Å². The number of furan rings is 1. The normalized spacial score (nSPS) is 11.6. The van der Waals surface area contributed by atoms with Crippen molar-refractivity contribution in [2.45, 2.75) is 0 Å². The Balaban J connectivity index is 1.12. The van der Waals surface area contributed by atoms with E-state index in [2.05, 4.69) is 126 Å². The summed E-state index contributed by atoms with van der Waals surface area (Å²) in [6.07, 6.45) is 0. The van der Waals surface area contributed by atoms with Crippen molar-refractivity contribution in [3.8, 4) is 62.1 Å². The van der Waals surface area contributed by atoms with Crippen molar-refractivity contribution in [1.29, 1.82) is 0 Å². The first kappa shape index (κ1) is 31.9. The number of fused-ring (bicyclic) bond motifs is 6. The van der Waals surface area contributed by atoms with Crippen LogP contribution in [0.15, 0.2) is 199 Å². The van der Waals surface area contributed by atoms with Crippen LogP contribution in [-0.4, -0.2) is 19.5 Å². The largest absolute Gasteiger partial charge is 0.455 e. The second-order valence-corrected chi connectivity index (χ2v) is 14.0. The van der Waals surface area contributed by atoms with Crippen LogP contribution in [-0.2, 0) is 0 Å². The molecule has 5 heteroatoms. The quantitative estimate of drug-likeness (QED) is 0.172. The first-order valence-corrected chi connectivity index (χ1v) is 18.8. The number of para-hydroxylation sites is 3. The number of nitrogens with zero attached hydrogens (tertiary/aromatic N) is 4. The molecule has 0 atom stereocenters. The summed E-state index contributed by atoms with van der Waals surface area (Å²) in [5.74, 6) is 1.84. The van der Waals surface area contributed by atoms with Crippen molar-refractivity contribution in [1.82, 2.24) is 19.5 Å². The van der Waals surface area contributed by atoms with Gasteiger partial charge in [-0.1, -0.05) is 164 Å². The Labute approximate surface area is 322 Å². The summed E-state index contributed by atoms with van der Waals surface area (Å²) < 4.78 is 9.20.